The van der Waals surface area contributed by atoms with Crippen LogP contribution in [0.15, 0.2) is 17.5 Å². The van der Waals surface area contributed by atoms with Crippen LogP contribution in [0.5, 0.6) is 0 Å². The molecular formula is C17H20N6OS3. The first-order chi connectivity index (χ1) is 13.1. The summed E-state index contributed by atoms with van der Waals surface area (Å²) in [6, 6.07) is 3.96. The summed E-state index contributed by atoms with van der Waals surface area (Å²) in [6.07, 6.45) is 1.27. The number of aromatic amines is 1. The van der Waals surface area contributed by atoms with Crippen LogP contribution in [0.3, 0.4) is 0 Å². The quantitative estimate of drug-likeness (QED) is 0.597. The fourth-order valence-electron chi connectivity index (χ4n) is 3.09. The highest BCUT2D eigenvalue weighted by molar-refractivity contribution is 7.71. The Morgan fingerprint density at radius 2 is 2.37 bits per heavy atom. The van der Waals surface area contributed by atoms with E-state index in [2.05, 4.69) is 32.3 Å². The van der Waals surface area contributed by atoms with Gasteiger partial charge in [-0.3, -0.25) is 19.4 Å². The molecule has 10 heteroatoms. The van der Waals surface area contributed by atoms with E-state index in [-0.39, 0.29) is 5.91 Å². The average molecular weight is 421 g/mol. The first-order valence-corrected chi connectivity index (χ1v) is 10.9. The molecule has 0 saturated heterocycles. The lowest BCUT2D eigenvalue weighted by Crippen LogP contribution is -2.29. The maximum absolute atomic E-state index is 12.4. The molecule has 0 fully saturated rings. The van der Waals surface area contributed by atoms with Gasteiger partial charge in [0.2, 0.25) is 5.91 Å². The highest BCUT2D eigenvalue weighted by Crippen LogP contribution is 2.28. The third-order valence-corrected chi connectivity index (χ3v) is 6.74. The summed E-state index contributed by atoms with van der Waals surface area (Å²) in [7, 11) is 0. The van der Waals surface area contributed by atoms with Crippen molar-refractivity contribution in [1.29, 1.82) is 0 Å². The average Bonchev–Trinajstić information content (AvgIpc) is 3.38. The molecule has 1 amide bonds. The second kappa shape index (κ2) is 8.01. The first-order valence-electron chi connectivity index (χ1n) is 8.84. The maximum atomic E-state index is 12.4. The normalized spacial score (nSPS) is 14.3. The third-order valence-electron chi connectivity index (χ3n) is 4.57. The highest BCUT2D eigenvalue weighted by Gasteiger charge is 2.20. The van der Waals surface area contributed by atoms with Crippen molar-refractivity contribution < 1.29 is 4.79 Å². The van der Waals surface area contributed by atoms with Gasteiger partial charge in [0.05, 0.1) is 10.6 Å². The van der Waals surface area contributed by atoms with Crippen molar-refractivity contribution in [3.8, 4) is 10.7 Å². The van der Waals surface area contributed by atoms with Gasteiger partial charge in [-0.15, -0.1) is 22.7 Å². The van der Waals surface area contributed by atoms with E-state index in [9.17, 15) is 4.79 Å². The summed E-state index contributed by atoms with van der Waals surface area (Å²) in [5, 5.41) is 12.7. The molecule has 27 heavy (non-hydrogen) atoms. The van der Waals surface area contributed by atoms with Gasteiger partial charge >= 0.3 is 0 Å². The number of carbonyl (C=O) groups excluding carboxylic acids is 1. The van der Waals surface area contributed by atoms with Crippen LogP contribution in [0.2, 0.25) is 0 Å². The van der Waals surface area contributed by atoms with Crippen LogP contribution in [0.1, 0.15) is 23.9 Å². The van der Waals surface area contributed by atoms with Crippen molar-refractivity contribution in [3.63, 3.8) is 0 Å². The Bertz CT molecular complexity index is 987. The smallest absolute Gasteiger partial charge is 0.227 e. The third kappa shape index (κ3) is 4.03. The summed E-state index contributed by atoms with van der Waals surface area (Å²) in [6.45, 7) is 5.64. The summed E-state index contributed by atoms with van der Waals surface area (Å²) in [5.74, 6) is 0.709. The Labute approximate surface area is 170 Å². The number of thiazole rings is 1. The van der Waals surface area contributed by atoms with Crippen molar-refractivity contribution in [2.45, 2.75) is 32.9 Å². The van der Waals surface area contributed by atoms with E-state index < -0.39 is 0 Å². The Hall–Kier alpha value is -1.88. The lowest BCUT2D eigenvalue weighted by Gasteiger charge is -2.23. The number of fused-ring (bicyclic) bond motifs is 1. The van der Waals surface area contributed by atoms with Crippen molar-refractivity contribution in [2.75, 3.05) is 18.4 Å². The number of rotatable bonds is 6. The number of nitrogens with zero attached hydrogens (tertiary/aromatic N) is 4. The Balaban J connectivity index is 1.40. The van der Waals surface area contributed by atoms with Crippen LogP contribution in [0.4, 0.5) is 5.13 Å². The molecule has 7 nitrogen and oxygen atoms in total. The zero-order valence-corrected chi connectivity index (χ0v) is 17.3. The van der Waals surface area contributed by atoms with Gasteiger partial charge in [0.15, 0.2) is 15.7 Å². The van der Waals surface area contributed by atoms with Crippen LogP contribution in [0.25, 0.3) is 10.7 Å². The number of thiophene rings is 1. The van der Waals surface area contributed by atoms with Crippen LogP contribution in [-0.2, 0) is 24.3 Å². The largest absolute Gasteiger partial charge is 0.302 e. The van der Waals surface area contributed by atoms with Gasteiger partial charge in [0, 0.05) is 37.4 Å². The summed E-state index contributed by atoms with van der Waals surface area (Å²) in [5.41, 5.74) is 1.12. The maximum Gasteiger partial charge on any atom is 0.227 e. The first kappa shape index (κ1) is 18.5. The standard InChI is InChI=1S/C17H20N6OS3/c1-2-22-7-5-11-13(10-22)27-16(18-11)19-14(24)6-8-23-15(20-21-17(23)25)12-4-3-9-26-12/h3-4,9H,2,5-8,10H2,1H3,(H,21,25)(H,18,19,24). The van der Waals surface area contributed by atoms with Crippen molar-refractivity contribution in [2.24, 2.45) is 0 Å². The summed E-state index contributed by atoms with van der Waals surface area (Å²) < 4.78 is 2.39. The Kier molecular flexibility index (Phi) is 5.48. The SMILES string of the molecule is CCN1CCc2nc(NC(=O)CCn3c(-c4cccs4)n[nH]c3=S)sc2C1. The minimum absolute atomic E-state index is 0.0614. The van der Waals surface area contributed by atoms with Gasteiger partial charge in [0.1, 0.15) is 0 Å². The second-order valence-corrected chi connectivity index (χ2v) is 8.71. The number of nitrogens with one attached hydrogen (secondary N) is 2. The predicted octanol–water partition coefficient (Wildman–Crippen LogP) is 3.53. The topological polar surface area (TPSA) is 78.8 Å². The minimum Gasteiger partial charge on any atom is -0.302 e. The van der Waals surface area contributed by atoms with E-state index in [4.69, 9.17) is 12.2 Å². The molecule has 4 rings (SSSR count). The fourth-order valence-corrected chi connectivity index (χ4v) is 5.10. The van der Waals surface area contributed by atoms with E-state index in [1.807, 2.05) is 22.1 Å². The number of likely N-dealkylation sites (N-methyl/N-ethyl adjacent to an activating group) is 1. The number of anilines is 1. The van der Waals surface area contributed by atoms with Crippen molar-refractivity contribution in [3.05, 3.63) is 32.9 Å². The van der Waals surface area contributed by atoms with Gasteiger partial charge < -0.3 is 5.32 Å². The van der Waals surface area contributed by atoms with Crippen LogP contribution in [-0.4, -0.2) is 43.6 Å². The number of hydrogen-bond acceptors (Lipinski definition) is 7. The Morgan fingerprint density at radius 1 is 1.48 bits per heavy atom. The van der Waals surface area contributed by atoms with Crippen molar-refractivity contribution in [1.82, 2.24) is 24.6 Å². The van der Waals surface area contributed by atoms with E-state index >= 15 is 0 Å². The lowest BCUT2D eigenvalue weighted by atomic mass is 10.2. The zero-order valence-electron chi connectivity index (χ0n) is 14.9. The minimum atomic E-state index is -0.0614. The van der Waals surface area contributed by atoms with Gasteiger partial charge in [-0.25, -0.2) is 4.98 Å². The molecule has 0 aliphatic carbocycles. The lowest BCUT2D eigenvalue weighted by molar-refractivity contribution is -0.116. The summed E-state index contributed by atoms with van der Waals surface area (Å²) in [4.78, 5) is 21.7. The second-order valence-electron chi connectivity index (χ2n) is 6.29. The van der Waals surface area contributed by atoms with E-state index in [0.717, 1.165) is 42.5 Å². The molecule has 0 bridgehead atoms. The van der Waals surface area contributed by atoms with Gasteiger partial charge in [0.25, 0.3) is 0 Å². The van der Waals surface area contributed by atoms with Gasteiger partial charge in [-0.1, -0.05) is 13.0 Å². The molecule has 4 heterocycles. The molecule has 0 aromatic carbocycles. The van der Waals surface area contributed by atoms with Crippen LogP contribution < -0.4 is 5.32 Å². The molecular weight excluding hydrogens is 400 g/mol. The molecule has 1 aliphatic heterocycles. The molecule has 0 saturated carbocycles. The monoisotopic (exact) mass is 420 g/mol. The molecule has 3 aromatic rings. The predicted molar refractivity (Wildman–Crippen MR) is 111 cm³/mol. The van der Waals surface area contributed by atoms with E-state index in [1.54, 1.807) is 22.7 Å². The van der Waals surface area contributed by atoms with Crippen LogP contribution in [0, 0.1) is 4.77 Å². The molecule has 0 unspecified atom stereocenters. The molecule has 0 spiro atoms. The summed E-state index contributed by atoms with van der Waals surface area (Å²) >= 11 is 8.49. The molecule has 0 radical (unpaired) electrons. The molecule has 2 N–H and O–H groups in total. The van der Waals surface area contributed by atoms with Crippen molar-refractivity contribution >= 4 is 45.9 Å². The van der Waals surface area contributed by atoms with Gasteiger partial charge in [-0.2, -0.15) is 5.10 Å². The van der Waals surface area contributed by atoms with Crippen LogP contribution >= 0.6 is 34.9 Å². The van der Waals surface area contributed by atoms with Gasteiger partial charge in [-0.05, 0) is 30.2 Å². The Morgan fingerprint density at radius 3 is 3.15 bits per heavy atom. The molecule has 142 valence electrons. The fraction of sp³-hybridized carbons (Fsp3) is 0.412. The number of H-pyrrole nitrogens is 1. The van der Waals surface area contributed by atoms with E-state index in [1.165, 1.54) is 4.88 Å². The number of hydrogen-bond donors (Lipinski definition) is 2. The zero-order chi connectivity index (χ0) is 18.8. The molecule has 0 atom stereocenters. The molecule has 3 aromatic heterocycles. The highest BCUT2D eigenvalue weighted by atomic mass is 32.1. The number of carbonyl (C=O) groups is 1. The molecule has 1 aliphatic rings. The van der Waals surface area contributed by atoms with E-state index in [0.29, 0.717) is 22.9 Å². The number of amides is 1. The number of aromatic nitrogens is 4.